The Morgan fingerprint density at radius 2 is 1.72 bits per heavy atom. The van der Waals surface area contributed by atoms with Crippen molar-refractivity contribution < 1.29 is 37.3 Å². The minimum absolute atomic E-state index is 0.0252. The number of para-hydroxylation sites is 1. The molecule has 0 radical (unpaired) electrons. The summed E-state index contributed by atoms with van der Waals surface area (Å²) in [7, 11) is 3.65. The molecule has 2 atom stereocenters. The lowest BCUT2D eigenvalue weighted by molar-refractivity contribution is -0.143. The number of hydrogen-bond donors (Lipinski definition) is 1. The van der Waals surface area contributed by atoms with Crippen LogP contribution >= 0.6 is 0 Å². The van der Waals surface area contributed by atoms with Gasteiger partial charge >= 0.3 is 6.16 Å². The Hall–Kier alpha value is -4.05. The summed E-state index contributed by atoms with van der Waals surface area (Å²) in [6, 6.07) is 15.9. The summed E-state index contributed by atoms with van der Waals surface area (Å²) in [5, 5.41) is 10.2. The molecular formula is C29H29F3N2O5. The molecule has 7 nitrogen and oxygen atoms in total. The minimum atomic E-state index is -1.33. The van der Waals surface area contributed by atoms with Gasteiger partial charge in [-0.25, -0.2) is 18.0 Å². The van der Waals surface area contributed by atoms with Gasteiger partial charge in [0.25, 0.3) is 0 Å². The Morgan fingerprint density at radius 3 is 2.41 bits per heavy atom. The highest BCUT2D eigenvalue weighted by atomic mass is 19.2. The molecule has 0 bridgehead atoms. The van der Waals surface area contributed by atoms with Gasteiger partial charge in [-0.2, -0.15) is 0 Å². The average Bonchev–Trinajstić information content (AvgIpc) is 2.88. The van der Waals surface area contributed by atoms with E-state index in [1.165, 1.54) is 17.0 Å². The van der Waals surface area contributed by atoms with Crippen LogP contribution in [0.5, 0.6) is 11.5 Å². The summed E-state index contributed by atoms with van der Waals surface area (Å²) in [5.41, 5.74) is -1.01. The zero-order valence-electron chi connectivity index (χ0n) is 21.6. The number of aromatic hydroxyl groups is 1. The van der Waals surface area contributed by atoms with Gasteiger partial charge in [-0.1, -0.05) is 30.3 Å². The summed E-state index contributed by atoms with van der Waals surface area (Å²) in [6.07, 6.45) is -1.27. The van der Waals surface area contributed by atoms with Gasteiger partial charge in [0.15, 0.2) is 11.6 Å². The molecule has 0 aliphatic carbocycles. The molecule has 1 fully saturated rings. The first-order valence-corrected chi connectivity index (χ1v) is 12.4. The Balaban J connectivity index is 1.63. The van der Waals surface area contributed by atoms with E-state index in [0.717, 1.165) is 0 Å². The summed E-state index contributed by atoms with van der Waals surface area (Å²) in [4.78, 5) is 29.5. The van der Waals surface area contributed by atoms with Gasteiger partial charge in [-0.05, 0) is 50.0 Å². The van der Waals surface area contributed by atoms with E-state index in [4.69, 9.17) is 9.47 Å². The van der Waals surface area contributed by atoms with E-state index in [-0.39, 0.29) is 30.8 Å². The number of benzene rings is 3. The van der Waals surface area contributed by atoms with Gasteiger partial charge in [-0.15, -0.1) is 0 Å². The van der Waals surface area contributed by atoms with E-state index >= 15 is 0 Å². The molecule has 2 unspecified atom stereocenters. The molecule has 3 aromatic carbocycles. The van der Waals surface area contributed by atoms with Crippen molar-refractivity contribution in [2.45, 2.75) is 18.4 Å². The molecule has 206 valence electrons. The molecule has 1 aliphatic rings. The van der Waals surface area contributed by atoms with Gasteiger partial charge in [0, 0.05) is 43.6 Å². The molecular weight excluding hydrogens is 513 g/mol. The lowest BCUT2D eigenvalue weighted by Gasteiger charge is -2.47. The first-order valence-electron chi connectivity index (χ1n) is 12.4. The van der Waals surface area contributed by atoms with Crippen LogP contribution in [-0.2, 0) is 21.6 Å². The topological polar surface area (TPSA) is 79.3 Å². The Bertz CT molecular complexity index is 1340. The molecule has 0 saturated carbocycles. The predicted molar refractivity (Wildman–Crippen MR) is 137 cm³/mol. The van der Waals surface area contributed by atoms with Crippen molar-refractivity contribution in [2.24, 2.45) is 5.92 Å². The molecule has 3 aromatic rings. The fourth-order valence-corrected chi connectivity index (χ4v) is 4.95. The van der Waals surface area contributed by atoms with Crippen LogP contribution < -0.4 is 4.74 Å². The lowest BCUT2D eigenvalue weighted by Crippen LogP contribution is -2.56. The Labute approximate surface area is 224 Å². The van der Waals surface area contributed by atoms with Crippen LogP contribution in [0.15, 0.2) is 66.7 Å². The molecule has 1 amide bonds. The number of phenols is 1. The number of ether oxygens (including phenoxy) is 2. The molecule has 4 rings (SSSR count). The second-order valence-electron chi connectivity index (χ2n) is 9.79. The second kappa shape index (κ2) is 11.8. The van der Waals surface area contributed by atoms with Crippen LogP contribution in [0.3, 0.4) is 0 Å². The van der Waals surface area contributed by atoms with Crippen molar-refractivity contribution >= 4 is 12.1 Å². The van der Waals surface area contributed by atoms with E-state index in [0.29, 0.717) is 30.0 Å². The summed E-state index contributed by atoms with van der Waals surface area (Å²) in [6.45, 7) is 0.594. The number of halogens is 3. The van der Waals surface area contributed by atoms with Crippen LogP contribution in [-0.4, -0.2) is 60.7 Å². The maximum atomic E-state index is 14.2. The lowest BCUT2D eigenvalue weighted by atomic mass is 9.75. The van der Waals surface area contributed by atoms with E-state index in [1.807, 2.05) is 19.0 Å². The van der Waals surface area contributed by atoms with Gasteiger partial charge in [0.05, 0.1) is 6.42 Å². The quantitative estimate of drug-likeness (QED) is 0.261. The second-order valence-corrected chi connectivity index (χ2v) is 9.79. The SMILES string of the molecule is CN(C)CC1CN(C(=O)Cc2cc(F)c(F)cc2F)CCC1(OC(=O)Oc1ccccc1)c1cccc(O)c1. The fraction of sp³-hybridized carbons (Fsp3) is 0.310. The van der Waals surface area contributed by atoms with Crippen LogP contribution in [0.4, 0.5) is 18.0 Å². The first kappa shape index (κ1) is 28.0. The fourth-order valence-electron chi connectivity index (χ4n) is 4.95. The number of hydrogen-bond acceptors (Lipinski definition) is 6. The minimum Gasteiger partial charge on any atom is -0.508 e. The summed E-state index contributed by atoms with van der Waals surface area (Å²) in [5.74, 6) is -4.29. The summed E-state index contributed by atoms with van der Waals surface area (Å²) >= 11 is 0. The molecule has 1 heterocycles. The highest BCUT2D eigenvalue weighted by Gasteiger charge is 2.49. The molecule has 0 spiro atoms. The zero-order valence-corrected chi connectivity index (χ0v) is 21.6. The third-order valence-corrected chi connectivity index (χ3v) is 6.77. The standard InChI is InChI=1S/C29H29F3N2O5/c1-33(2)17-21-18-34(27(36)14-19-13-25(31)26(32)16-24(19)30)12-11-29(21,20-7-6-8-22(35)15-20)39-28(37)38-23-9-4-3-5-10-23/h3-10,13,15-16,21,35H,11-12,14,17-18H2,1-2H3. The normalized spacial score (nSPS) is 19.1. The number of phenolic OH excluding ortho intramolecular Hbond substituents is 1. The van der Waals surface area contributed by atoms with Crippen molar-refractivity contribution in [2.75, 3.05) is 33.7 Å². The molecule has 1 saturated heterocycles. The van der Waals surface area contributed by atoms with Crippen molar-refractivity contribution in [3.05, 3.63) is 95.3 Å². The summed E-state index contributed by atoms with van der Waals surface area (Å²) < 4.78 is 52.7. The number of rotatable bonds is 7. The number of piperidine rings is 1. The molecule has 39 heavy (non-hydrogen) atoms. The van der Waals surface area contributed by atoms with Crippen molar-refractivity contribution in [1.82, 2.24) is 9.80 Å². The van der Waals surface area contributed by atoms with Crippen molar-refractivity contribution in [3.8, 4) is 11.5 Å². The number of likely N-dealkylation sites (tertiary alicyclic amines) is 1. The zero-order chi connectivity index (χ0) is 28.2. The molecule has 10 heteroatoms. The number of carbonyl (C=O) groups is 2. The van der Waals surface area contributed by atoms with Crippen molar-refractivity contribution in [1.29, 1.82) is 0 Å². The van der Waals surface area contributed by atoms with E-state index in [9.17, 15) is 27.9 Å². The highest BCUT2D eigenvalue weighted by molar-refractivity contribution is 5.79. The number of amides is 1. The Morgan fingerprint density at radius 1 is 1.00 bits per heavy atom. The molecule has 1 N–H and O–H groups in total. The van der Waals surface area contributed by atoms with Crippen LogP contribution in [0.25, 0.3) is 0 Å². The predicted octanol–water partition coefficient (Wildman–Crippen LogP) is 4.87. The smallest absolute Gasteiger partial charge is 0.508 e. The van der Waals surface area contributed by atoms with E-state index in [2.05, 4.69) is 0 Å². The molecule has 0 aromatic heterocycles. The monoisotopic (exact) mass is 542 g/mol. The Kier molecular flexibility index (Phi) is 8.44. The van der Waals surface area contributed by atoms with Crippen LogP contribution in [0.1, 0.15) is 17.5 Å². The van der Waals surface area contributed by atoms with E-state index < -0.39 is 47.5 Å². The number of nitrogens with zero attached hydrogens (tertiary/aromatic N) is 2. The molecule has 1 aliphatic heterocycles. The highest BCUT2D eigenvalue weighted by Crippen LogP contribution is 2.43. The third-order valence-electron chi connectivity index (χ3n) is 6.77. The van der Waals surface area contributed by atoms with Gasteiger partial charge < -0.3 is 24.4 Å². The van der Waals surface area contributed by atoms with Crippen LogP contribution in [0.2, 0.25) is 0 Å². The van der Waals surface area contributed by atoms with Gasteiger partial charge in [-0.3, -0.25) is 4.79 Å². The maximum Gasteiger partial charge on any atom is 0.514 e. The van der Waals surface area contributed by atoms with Crippen LogP contribution in [0, 0.1) is 23.4 Å². The maximum absolute atomic E-state index is 14.2. The van der Waals surface area contributed by atoms with E-state index in [1.54, 1.807) is 42.5 Å². The third kappa shape index (κ3) is 6.51. The largest absolute Gasteiger partial charge is 0.514 e. The van der Waals surface area contributed by atoms with Gasteiger partial charge in [0.1, 0.15) is 22.9 Å². The van der Waals surface area contributed by atoms with Gasteiger partial charge in [0.2, 0.25) is 5.91 Å². The van der Waals surface area contributed by atoms with Crippen molar-refractivity contribution in [3.63, 3.8) is 0 Å². The number of carbonyl (C=O) groups excluding carboxylic acids is 2. The first-order chi connectivity index (χ1) is 18.6. The average molecular weight is 543 g/mol.